The quantitative estimate of drug-likeness (QED) is 0.176. The highest BCUT2D eigenvalue weighted by atomic mass is 127. The van der Waals surface area contributed by atoms with E-state index in [1.54, 1.807) is 13.2 Å². The maximum Gasteiger partial charge on any atom is 0.191 e. The van der Waals surface area contributed by atoms with E-state index in [-0.39, 0.29) is 24.0 Å². The van der Waals surface area contributed by atoms with Gasteiger partial charge in [0.1, 0.15) is 0 Å². The first-order valence-electron chi connectivity index (χ1n) is 10.4. The number of hydrogen-bond donors (Lipinski definition) is 2. The minimum absolute atomic E-state index is 0. The molecular weight excluding hydrogens is 501 g/mol. The van der Waals surface area contributed by atoms with Crippen molar-refractivity contribution in [2.75, 3.05) is 13.7 Å². The zero-order chi connectivity index (χ0) is 21.0. The van der Waals surface area contributed by atoms with Crippen LogP contribution in [-0.4, -0.2) is 29.4 Å². The van der Waals surface area contributed by atoms with Crippen molar-refractivity contribution in [3.8, 4) is 0 Å². The van der Waals surface area contributed by atoms with Gasteiger partial charge in [-0.05, 0) is 34.7 Å². The van der Waals surface area contributed by atoms with Crippen molar-refractivity contribution in [2.24, 2.45) is 4.99 Å². The fourth-order valence-electron chi connectivity index (χ4n) is 3.23. The van der Waals surface area contributed by atoms with Crippen LogP contribution in [0.5, 0.6) is 0 Å². The Labute approximate surface area is 202 Å². The molecule has 0 aliphatic carbocycles. The van der Waals surface area contributed by atoms with E-state index in [0.29, 0.717) is 19.7 Å². The van der Waals surface area contributed by atoms with E-state index in [9.17, 15) is 0 Å². The van der Waals surface area contributed by atoms with E-state index >= 15 is 0 Å². The Morgan fingerprint density at radius 1 is 0.935 bits per heavy atom. The van der Waals surface area contributed by atoms with Crippen LogP contribution in [0.15, 0.2) is 72.0 Å². The highest BCUT2D eigenvalue weighted by Crippen LogP contribution is 2.11. The lowest BCUT2D eigenvalue weighted by molar-refractivity contribution is 0.121. The van der Waals surface area contributed by atoms with Gasteiger partial charge in [0, 0.05) is 39.1 Å². The number of ether oxygens (including phenoxy) is 1. The summed E-state index contributed by atoms with van der Waals surface area (Å²) < 4.78 is 7.66. The number of aromatic nitrogens is 2. The van der Waals surface area contributed by atoms with Crippen LogP contribution in [0.25, 0.3) is 0 Å². The van der Waals surface area contributed by atoms with E-state index in [4.69, 9.17) is 4.74 Å². The minimum Gasteiger partial charge on any atom is -0.377 e. The predicted octanol–water partition coefficient (Wildman–Crippen LogP) is 4.34. The summed E-state index contributed by atoms with van der Waals surface area (Å²) in [4.78, 5) is 4.37. The Kier molecular flexibility index (Phi) is 11.1. The number of rotatable bonds is 10. The van der Waals surface area contributed by atoms with E-state index in [2.05, 4.69) is 76.2 Å². The molecule has 0 bridgehead atoms. The second-order valence-electron chi connectivity index (χ2n) is 7.07. The lowest BCUT2D eigenvalue weighted by atomic mass is 10.1. The van der Waals surface area contributed by atoms with E-state index in [1.165, 1.54) is 22.3 Å². The van der Waals surface area contributed by atoms with Gasteiger partial charge < -0.3 is 15.4 Å². The van der Waals surface area contributed by atoms with E-state index in [1.807, 2.05) is 16.9 Å². The highest BCUT2D eigenvalue weighted by Gasteiger charge is 2.06. The first-order valence-corrected chi connectivity index (χ1v) is 10.4. The van der Waals surface area contributed by atoms with Crippen LogP contribution in [0, 0.1) is 0 Å². The third kappa shape index (κ3) is 7.99. The standard InChI is InChI=1S/C24H31N5O.HI/c1-3-15-30-19-23-12-7-5-10-21(23)17-27-24(25-2)26-16-20-9-4-6-11-22(20)18-29-14-8-13-28-29;/h4-14H,3,15-19H2,1-2H3,(H2,25,26,27);1H. The topological polar surface area (TPSA) is 63.5 Å². The van der Waals surface area contributed by atoms with Gasteiger partial charge in [0.2, 0.25) is 0 Å². The summed E-state index contributed by atoms with van der Waals surface area (Å²) in [6, 6.07) is 18.7. The van der Waals surface area contributed by atoms with Gasteiger partial charge in [0.05, 0.1) is 13.2 Å². The molecule has 0 amide bonds. The molecule has 0 saturated carbocycles. The molecule has 0 saturated heterocycles. The highest BCUT2D eigenvalue weighted by molar-refractivity contribution is 14.0. The summed E-state index contributed by atoms with van der Waals surface area (Å²) in [7, 11) is 1.79. The molecule has 3 aromatic rings. The molecule has 7 heteroatoms. The van der Waals surface area contributed by atoms with Gasteiger partial charge in [-0.15, -0.1) is 24.0 Å². The van der Waals surface area contributed by atoms with Crippen LogP contribution < -0.4 is 10.6 Å². The van der Waals surface area contributed by atoms with Crippen molar-refractivity contribution in [1.82, 2.24) is 20.4 Å². The SMILES string of the molecule is CCCOCc1ccccc1CNC(=NC)NCc1ccccc1Cn1cccn1.I. The number of benzene rings is 2. The van der Waals surface area contributed by atoms with Gasteiger partial charge in [-0.25, -0.2) is 0 Å². The molecule has 31 heavy (non-hydrogen) atoms. The van der Waals surface area contributed by atoms with Crippen molar-refractivity contribution in [3.05, 3.63) is 89.2 Å². The number of guanidine groups is 1. The van der Waals surface area contributed by atoms with Gasteiger partial charge in [0.25, 0.3) is 0 Å². The molecule has 0 spiro atoms. The Bertz CT molecular complexity index is 927. The monoisotopic (exact) mass is 533 g/mol. The molecule has 0 fully saturated rings. The summed E-state index contributed by atoms with van der Waals surface area (Å²) in [6.45, 7) is 5.68. The summed E-state index contributed by atoms with van der Waals surface area (Å²) in [5.41, 5.74) is 4.89. The Morgan fingerprint density at radius 2 is 1.55 bits per heavy atom. The normalized spacial score (nSPS) is 11.1. The average Bonchev–Trinajstić information content (AvgIpc) is 3.29. The molecule has 0 radical (unpaired) electrons. The van der Waals surface area contributed by atoms with Gasteiger partial charge in [-0.1, -0.05) is 55.5 Å². The van der Waals surface area contributed by atoms with Crippen LogP contribution in [0.4, 0.5) is 0 Å². The lowest BCUT2D eigenvalue weighted by Gasteiger charge is -2.16. The molecule has 0 unspecified atom stereocenters. The van der Waals surface area contributed by atoms with Crippen LogP contribution >= 0.6 is 24.0 Å². The Morgan fingerprint density at radius 3 is 2.13 bits per heavy atom. The molecular formula is C24H32IN5O. The molecule has 2 aromatic carbocycles. The van der Waals surface area contributed by atoms with Crippen molar-refractivity contribution in [3.63, 3.8) is 0 Å². The summed E-state index contributed by atoms with van der Waals surface area (Å²) in [5, 5.41) is 11.2. The molecule has 6 nitrogen and oxygen atoms in total. The zero-order valence-corrected chi connectivity index (χ0v) is 20.6. The predicted molar refractivity (Wildman–Crippen MR) is 137 cm³/mol. The molecule has 166 valence electrons. The second-order valence-corrected chi connectivity index (χ2v) is 7.07. The van der Waals surface area contributed by atoms with Gasteiger partial charge in [0.15, 0.2) is 5.96 Å². The summed E-state index contributed by atoms with van der Waals surface area (Å²) in [6.07, 6.45) is 4.81. The largest absolute Gasteiger partial charge is 0.377 e. The van der Waals surface area contributed by atoms with E-state index in [0.717, 1.165) is 25.5 Å². The molecule has 2 N–H and O–H groups in total. The molecule has 3 rings (SSSR count). The minimum atomic E-state index is 0. The van der Waals surface area contributed by atoms with Crippen LogP contribution in [0.2, 0.25) is 0 Å². The molecule has 0 atom stereocenters. The zero-order valence-electron chi connectivity index (χ0n) is 18.3. The van der Waals surface area contributed by atoms with Gasteiger partial charge >= 0.3 is 0 Å². The Balaban J connectivity index is 0.00000341. The van der Waals surface area contributed by atoms with Crippen LogP contribution in [0.3, 0.4) is 0 Å². The Hall–Kier alpha value is -2.39. The third-order valence-corrected chi connectivity index (χ3v) is 4.85. The van der Waals surface area contributed by atoms with Crippen LogP contribution in [0.1, 0.15) is 35.6 Å². The van der Waals surface area contributed by atoms with Gasteiger partial charge in [-0.3, -0.25) is 9.67 Å². The molecule has 1 heterocycles. The first kappa shape index (κ1) is 24.9. The van der Waals surface area contributed by atoms with E-state index < -0.39 is 0 Å². The number of halogens is 1. The number of aliphatic imine (C=N–C) groups is 1. The van der Waals surface area contributed by atoms with Crippen molar-refractivity contribution in [2.45, 2.75) is 39.6 Å². The van der Waals surface area contributed by atoms with Gasteiger partial charge in [-0.2, -0.15) is 5.10 Å². The smallest absolute Gasteiger partial charge is 0.191 e. The number of hydrogen-bond acceptors (Lipinski definition) is 3. The van der Waals surface area contributed by atoms with Crippen LogP contribution in [-0.2, 0) is 31.0 Å². The van der Waals surface area contributed by atoms with Crippen molar-refractivity contribution < 1.29 is 4.74 Å². The fraction of sp³-hybridized carbons (Fsp3) is 0.333. The maximum atomic E-state index is 5.72. The first-order chi connectivity index (χ1) is 14.8. The number of nitrogens with one attached hydrogen (secondary N) is 2. The van der Waals surface area contributed by atoms with Crippen molar-refractivity contribution >= 4 is 29.9 Å². The van der Waals surface area contributed by atoms with Crippen molar-refractivity contribution in [1.29, 1.82) is 0 Å². The second kappa shape index (κ2) is 13.8. The molecule has 0 aliphatic heterocycles. The lowest BCUT2D eigenvalue weighted by Crippen LogP contribution is -2.36. The average molecular weight is 533 g/mol. The fourth-order valence-corrected chi connectivity index (χ4v) is 3.23. The number of nitrogens with zero attached hydrogens (tertiary/aromatic N) is 3. The third-order valence-electron chi connectivity index (χ3n) is 4.85. The summed E-state index contributed by atoms with van der Waals surface area (Å²) in [5.74, 6) is 0.771. The maximum absolute atomic E-state index is 5.72. The molecule has 1 aromatic heterocycles. The summed E-state index contributed by atoms with van der Waals surface area (Å²) >= 11 is 0. The molecule has 0 aliphatic rings.